The predicted molar refractivity (Wildman–Crippen MR) is 91.2 cm³/mol. The van der Waals surface area contributed by atoms with Crippen LogP contribution in [0.3, 0.4) is 0 Å². The van der Waals surface area contributed by atoms with Gasteiger partial charge in [-0.1, -0.05) is 12.1 Å². The van der Waals surface area contributed by atoms with Gasteiger partial charge in [0.1, 0.15) is 12.2 Å². The normalized spacial score (nSPS) is 10.5. The SMILES string of the molecule is O=C(CC(=O)Nc1ccccc1Br)N/N=C/c1ccc(O)cc1. The zero-order chi connectivity index (χ0) is 16.7. The van der Waals surface area contributed by atoms with Gasteiger partial charge in [0.15, 0.2) is 0 Å². The fourth-order valence-corrected chi connectivity index (χ4v) is 2.07. The molecule has 0 saturated carbocycles. The second-order valence-corrected chi connectivity index (χ2v) is 5.44. The molecule has 0 aliphatic rings. The quantitative estimate of drug-likeness (QED) is 0.426. The number of aromatic hydroxyl groups is 1. The van der Waals surface area contributed by atoms with Crippen LogP contribution in [0, 0.1) is 0 Å². The summed E-state index contributed by atoms with van der Waals surface area (Å²) in [6, 6.07) is 13.4. The zero-order valence-corrected chi connectivity index (χ0v) is 13.6. The van der Waals surface area contributed by atoms with Gasteiger partial charge in [0, 0.05) is 4.47 Å². The summed E-state index contributed by atoms with van der Waals surface area (Å²) in [6.07, 6.45) is 1.08. The highest BCUT2D eigenvalue weighted by atomic mass is 79.9. The Morgan fingerprint density at radius 2 is 1.78 bits per heavy atom. The first kappa shape index (κ1) is 16.7. The van der Waals surface area contributed by atoms with Crippen LogP contribution in [-0.2, 0) is 9.59 Å². The van der Waals surface area contributed by atoms with E-state index in [1.165, 1.54) is 18.3 Å². The van der Waals surface area contributed by atoms with E-state index in [0.717, 1.165) is 4.47 Å². The molecular weight excluding hydrogens is 362 g/mol. The topological polar surface area (TPSA) is 90.8 Å². The summed E-state index contributed by atoms with van der Waals surface area (Å²) in [5.41, 5.74) is 3.58. The lowest BCUT2D eigenvalue weighted by molar-refractivity contribution is -0.126. The maximum Gasteiger partial charge on any atom is 0.249 e. The van der Waals surface area contributed by atoms with E-state index >= 15 is 0 Å². The number of carbonyl (C=O) groups excluding carboxylic acids is 2. The number of amides is 2. The van der Waals surface area contributed by atoms with E-state index in [4.69, 9.17) is 5.11 Å². The number of hydrogen-bond acceptors (Lipinski definition) is 4. The third-order valence-corrected chi connectivity index (χ3v) is 3.46. The number of benzene rings is 2. The molecule has 6 nitrogen and oxygen atoms in total. The Hall–Kier alpha value is -2.67. The average molecular weight is 376 g/mol. The van der Waals surface area contributed by atoms with Crippen molar-refractivity contribution in [1.82, 2.24) is 5.43 Å². The van der Waals surface area contributed by atoms with Gasteiger partial charge in [0.2, 0.25) is 11.8 Å². The first-order valence-corrected chi connectivity index (χ1v) is 7.49. The number of para-hydroxylation sites is 1. The Morgan fingerprint density at radius 3 is 2.48 bits per heavy atom. The van der Waals surface area contributed by atoms with Crippen LogP contribution < -0.4 is 10.7 Å². The summed E-state index contributed by atoms with van der Waals surface area (Å²) in [6.45, 7) is 0. The highest BCUT2D eigenvalue weighted by molar-refractivity contribution is 9.10. The molecular formula is C16H14BrN3O3. The lowest BCUT2D eigenvalue weighted by Crippen LogP contribution is -2.24. The third-order valence-electron chi connectivity index (χ3n) is 2.77. The molecule has 0 spiro atoms. The molecule has 0 radical (unpaired) electrons. The molecule has 0 aliphatic carbocycles. The van der Waals surface area contributed by atoms with Gasteiger partial charge in [0.25, 0.3) is 0 Å². The van der Waals surface area contributed by atoms with Crippen LogP contribution in [0.15, 0.2) is 58.1 Å². The Morgan fingerprint density at radius 1 is 1.09 bits per heavy atom. The molecule has 2 aromatic rings. The van der Waals surface area contributed by atoms with Crippen molar-refractivity contribution in [3.8, 4) is 5.75 Å². The minimum absolute atomic E-state index is 0.148. The predicted octanol–water partition coefficient (Wildman–Crippen LogP) is 2.63. The molecule has 0 bridgehead atoms. The van der Waals surface area contributed by atoms with Gasteiger partial charge in [-0.15, -0.1) is 0 Å². The van der Waals surface area contributed by atoms with E-state index in [2.05, 4.69) is 31.8 Å². The van der Waals surface area contributed by atoms with Crippen LogP contribution >= 0.6 is 15.9 Å². The number of hydrogen-bond donors (Lipinski definition) is 3. The van der Waals surface area contributed by atoms with Crippen molar-refractivity contribution in [2.45, 2.75) is 6.42 Å². The van der Waals surface area contributed by atoms with Gasteiger partial charge in [0.05, 0.1) is 11.9 Å². The van der Waals surface area contributed by atoms with Gasteiger partial charge in [-0.3, -0.25) is 9.59 Å². The Kier molecular flexibility index (Phi) is 5.87. The van der Waals surface area contributed by atoms with Crippen molar-refractivity contribution in [2.75, 3.05) is 5.32 Å². The molecule has 3 N–H and O–H groups in total. The van der Waals surface area contributed by atoms with E-state index in [0.29, 0.717) is 11.3 Å². The number of halogens is 1. The second kappa shape index (κ2) is 8.09. The van der Waals surface area contributed by atoms with Crippen molar-refractivity contribution in [2.24, 2.45) is 5.10 Å². The first-order valence-electron chi connectivity index (χ1n) is 6.70. The van der Waals surface area contributed by atoms with Crippen LogP contribution in [0.4, 0.5) is 5.69 Å². The number of phenols is 1. The maximum absolute atomic E-state index is 11.8. The number of nitrogens with zero attached hydrogens (tertiary/aromatic N) is 1. The van der Waals surface area contributed by atoms with E-state index in [-0.39, 0.29) is 12.2 Å². The Balaban J connectivity index is 1.81. The van der Waals surface area contributed by atoms with E-state index in [1.54, 1.807) is 30.3 Å². The highest BCUT2D eigenvalue weighted by Crippen LogP contribution is 2.21. The molecule has 0 atom stereocenters. The molecule has 0 saturated heterocycles. The minimum Gasteiger partial charge on any atom is -0.508 e. The summed E-state index contributed by atoms with van der Waals surface area (Å²) in [5, 5.41) is 15.5. The number of nitrogens with one attached hydrogen (secondary N) is 2. The molecule has 0 aliphatic heterocycles. The van der Waals surface area contributed by atoms with Crippen molar-refractivity contribution in [1.29, 1.82) is 0 Å². The van der Waals surface area contributed by atoms with Gasteiger partial charge >= 0.3 is 0 Å². The second-order valence-electron chi connectivity index (χ2n) is 4.59. The molecule has 7 heteroatoms. The number of rotatable bonds is 5. The molecule has 23 heavy (non-hydrogen) atoms. The zero-order valence-electron chi connectivity index (χ0n) is 12.0. The molecule has 118 valence electrons. The molecule has 0 unspecified atom stereocenters. The Labute approximate surface area is 141 Å². The average Bonchev–Trinajstić information content (AvgIpc) is 2.51. The van der Waals surface area contributed by atoms with Crippen molar-refractivity contribution in [3.05, 3.63) is 58.6 Å². The number of carbonyl (C=O) groups is 2. The summed E-state index contributed by atoms with van der Waals surface area (Å²) in [5.74, 6) is -0.811. The highest BCUT2D eigenvalue weighted by Gasteiger charge is 2.10. The lowest BCUT2D eigenvalue weighted by Gasteiger charge is -2.06. The van der Waals surface area contributed by atoms with Crippen LogP contribution in [-0.4, -0.2) is 23.1 Å². The van der Waals surface area contributed by atoms with Crippen LogP contribution in [0.2, 0.25) is 0 Å². The summed E-state index contributed by atoms with van der Waals surface area (Å²) < 4.78 is 0.735. The van der Waals surface area contributed by atoms with Crippen LogP contribution in [0.5, 0.6) is 5.75 Å². The minimum atomic E-state index is -0.524. The standard InChI is InChI=1S/C16H14BrN3O3/c17-13-3-1-2-4-14(13)19-15(22)9-16(23)20-18-10-11-5-7-12(21)8-6-11/h1-8,10,21H,9H2,(H,19,22)(H,20,23)/b18-10+. The van der Waals surface area contributed by atoms with Crippen molar-refractivity contribution in [3.63, 3.8) is 0 Å². The van der Waals surface area contributed by atoms with Gasteiger partial charge in [-0.2, -0.15) is 5.10 Å². The molecule has 0 aromatic heterocycles. The van der Waals surface area contributed by atoms with E-state index < -0.39 is 11.8 Å². The van der Waals surface area contributed by atoms with Crippen LogP contribution in [0.1, 0.15) is 12.0 Å². The number of phenolic OH excluding ortho intramolecular Hbond substituents is 1. The summed E-state index contributed by atoms with van der Waals surface area (Å²) in [7, 11) is 0. The molecule has 2 rings (SSSR count). The van der Waals surface area contributed by atoms with Gasteiger partial charge in [-0.25, -0.2) is 5.43 Å². The molecule has 0 fully saturated rings. The lowest BCUT2D eigenvalue weighted by atomic mass is 10.2. The fraction of sp³-hybridized carbons (Fsp3) is 0.0625. The molecule has 2 aromatic carbocycles. The van der Waals surface area contributed by atoms with Crippen LogP contribution in [0.25, 0.3) is 0 Å². The molecule has 2 amide bonds. The molecule has 0 heterocycles. The summed E-state index contributed by atoms with van der Waals surface area (Å²) >= 11 is 3.31. The van der Waals surface area contributed by atoms with Crippen molar-refractivity contribution < 1.29 is 14.7 Å². The van der Waals surface area contributed by atoms with Gasteiger partial charge < -0.3 is 10.4 Å². The van der Waals surface area contributed by atoms with E-state index in [1.807, 2.05) is 6.07 Å². The largest absolute Gasteiger partial charge is 0.508 e. The van der Waals surface area contributed by atoms with Crippen molar-refractivity contribution >= 4 is 39.6 Å². The summed E-state index contributed by atoms with van der Waals surface area (Å²) in [4.78, 5) is 23.4. The maximum atomic E-state index is 11.8. The van der Waals surface area contributed by atoms with Gasteiger partial charge in [-0.05, 0) is 57.9 Å². The monoisotopic (exact) mass is 375 g/mol. The number of hydrazone groups is 1. The fourth-order valence-electron chi connectivity index (χ4n) is 1.68. The number of anilines is 1. The Bertz CT molecular complexity index is 730. The third kappa shape index (κ3) is 5.55. The van der Waals surface area contributed by atoms with E-state index in [9.17, 15) is 9.59 Å². The first-order chi connectivity index (χ1) is 11.0. The smallest absolute Gasteiger partial charge is 0.249 e.